The molecule has 0 radical (unpaired) electrons. The second kappa shape index (κ2) is 6.59. The SMILES string of the molecule is CO/N=C/c1c(Cl)ccc(-n2c(=O)cc(C(F)(F)F)n(N)c2=O)c1F. The highest BCUT2D eigenvalue weighted by Crippen LogP contribution is 2.27. The van der Waals surface area contributed by atoms with Gasteiger partial charge in [0.05, 0.1) is 22.5 Å². The Kier molecular flexibility index (Phi) is 4.88. The minimum Gasteiger partial charge on any atom is -0.399 e. The monoisotopic (exact) mass is 380 g/mol. The fourth-order valence-corrected chi connectivity index (χ4v) is 2.15. The normalized spacial score (nSPS) is 11.9. The van der Waals surface area contributed by atoms with E-state index >= 15 is 0 Å². The van der Waals surface area contributed by atoms with Crippen LogP contribution in [0, 0.1) is 5.82 Å². The molecular formula is C13H9ClF4N4O3. The van der Waals surface area contributed by atoms with Crippen LogP contribution in [0.15, 0.2) is 32.9 Å². The Morgan fingerprint density at radius 3 is 2.52 bits per heavy atom. The van der Waals surface area contributed by atoms with E-state index in [0.717, 1.165) is 18.3 Å². The molecule has 0 saturated carbocycles. The lowest BCUT2D eigenvalue weighted by Gasteiger charge is -2.14. The molecule has 0 spiro atoms. The molecule has 0 amide bonds. The van der Waals surface area contributed by atoms with Crippen LogP contribution < -0.4 is 17.1 Å². The van der Waals surface area contributed by atoms with Gasteiger partial charge >= 0.3 is 11.9 Å². The van der Waals surface area contributed by atoms with Crippen molar-refractivity contribution >= 4 is 17.8 Å². The third-order valence-electron chi connectivity index (χ3n) is 3.06. The van der Waals surface area contributed by atoms with Gasteiger partial charge in [0.1, 0.15) is 7.11 Å². The van der Waals surface area contributed by atoms with Crippen LogP contribution >= 0.6 is 11.6 Å². The summed E-state index contributed by atoms with van der Waals surface area (Å²) in [7, 11) is 1.18. The number of nitrogen functional groups attached to an aromatic ring is 1. The number of rotatable bonds is 3. The zero-order chi connectivity index (χ0) is 18.9. The molecule has 1 aromatic heterocycles. The maximum absolute atomic E-state index is 14.6. The van der Waals surface area contributed by atoms with Crippen molar-refractivity contribution in [3.8, 4) is 5.69 Å². The van der Waals surface area contributed by atoms with Crippen molar-refractivity contribution in [3.63, 3.8) is 0 Å². The van der Waals surface area contributed by atoms with Crippen LogP contribution in [-0.2, 0) is 11.0 Å². The zero-order valence-corrected chi connectivity index (χ0v) is 13.1. The van der Waals surface area contributed by atoms with Gasteiger partial charge in [-0.25, -0.2) is 18.4 Å². The molecule has 1 heterocycles. The molecule has 0 atom stereocenters. The van der Waals surface area contributed by atoms with Gasteiger partial charge in [-0.05, 0) is 12.1 Å². The predicted octanol–water partition coefficient (Wildman–Crippen LogP) is 1.50. The van der Waals surface area contributed by atoms with Crippen molar-refractivity contribution in [3.05, 3.63) is 61.1 Å². The number of hydrogen-bond donors (Lipinski definition) is 1. The number of benzene rings is 1. The molecule has 0 aliphatic heterocycles. The van der Waals surface area contributed by atoms with E-state index in [2.05, 4.69) is 9.99 Å². The number of nitrogens with two attached hydrogens (primary N) is 1. The summed E-state index contributed by atoms with van der Waals surface area (Å²) in [6.45, 7) is 0. The van der Waals surface area contributed by atoms with Crippen molar-refractivity contribution in [1.29, 1.82) is 0 Å². The van der Waals surface area contributed by atoms with Crippen LogP contribution in [0.1, 0.15) is 11.3 Å². The highest BCUT2D eigenvalue weighted by Gasteiger charge is 2.36. The van der Waals surface area contributed by atoms with Crippen molar-refractivity contribution in [2.45, 2.75) is 6.18 Å². The molecule has 7 nitrogen and oxygen atoms in total. The molecule has 12 heteroatoms. The van der Waals surface area contributed by atoms with Gasteiger partial charge < -0.3 is 10.7 Å². The van der Waals surface area contributed by atoms with Gasteiger partial charge in [-0.3, -0.25) is 4.79 Å². The molecular weight excluding hydrogens is 372 g/mol. The summed E-state index contributed by atoms with van der Waals surface area (Å²) in [6.07, 6.45) is -4.17. The second-order valence-corrected chi connectivity index (χ2v) is 4.97. The molecule has 0 fully saturated rings. The highest BCUT2D eigenvalue weighted by molar-refractivity contribution is 6.33. The van der Waals surface area contributed by atoms with E-state index in [1.165, 1.54) is 7.11 Å². The van der Waals surface area contributed by atoms with E-state index in [1.54, 1.807) is 0 Å². The average Bonchev–Trinajstić information content (AvgIpc) is 2.52. The third kappa shape index (κ3) is 3.36. The molecule has 2 rings (SSSR count). The lowest BCUT2D eigenvalue weighted by atomic mass is 10.2. The van der Waals surface area contributed by atoms with Gasteiger partial charge in [0.15, 0.2) is 11.5 Å². The summed E-state index contributed by atoms with van der Waals surface area (Å²) in [4.78, 5) is 28.4. The summed E-state index contributed by atoms with van der Waals surface area (Å²) >= 11 is 5.79. The van der Waals surface area contributed by atoms with Gasteiger partial charge in [-0.2, -0.15) is 13.2 Å². The maximum atomic E-state index is 14.6. The number of alkyl halides is 3. The summed E-state index contributed by atoms with van der Waals surface area (Å²) in [6, 6.07) is 2.15. The fraction of sp³-hybridized carbons (Fsp3) is 0.154. The topological polar surface area (TPSA) is 91.6 Å². The lowest BCUT2D eigenvalue weighted by molar-refractivity contribution is -0.143. The Morgan fingerprint density at radius 2 is 1.96 bits per heavy atom. The molecule has 1 aromatic carbocycles. The number of nitrogens with zero attached hydrogens (tertiary/aromatic N) is 3. The summed E-state index contributed by atoms with van der Waals surface area (Å²) < 4.78 is 52.7. The average molecular weight is 381 g/mol. The predicted molar refractivity (Wildman–Crippen MR) is 81.0 cm³/mol. The van der Waals surface area contributed by atoms with E-state index in [9.17, 15) is 27.2 Å². The first-order valence-electron chi connectivity index (χ1n) is 6.36. The summed E-state index contributed by atoms with van der Waals surface area (Å²) in [5.74, 6) is 3.93. The fourth-order valence-electron chi connectivity index (χ4n) is 1.95. The van der Waals surface area contributed by atoms with Crippen LogP contribution in [0.5, 0.6) is 0 Å². The Morgan fingerprint density at radius 1 is 1.32 bits per heavy atom. The Labute approximate surface area is 141 Å². The Balaban J connectivity index is 2.81. The van der Waals surface area contributed by atoms with Gasteiger partial charge in [0, 0.05) is 6.07 Å². The molecule has 134 valence electrons. The van der Waals surface area contributed by atoms with Crippen LogP contribution in [0.2, 0.25) is 5.02 Å². The van der Waals surface area contributed by atoms with E-state index in [-0.39, 0.29) is 25.9 Å². The lowest BCUT2D eigenvalue weighted by Crippen LogP contribution is -2.45. The van der Waals surface area contributed by atoms with Crippen LogP contribution in [-0.4, -0.2) is 22.6 Å². The van der Waals surface area contributed by atoms with Crippen molar-refractivity contribution in [2.24, 2.45) is 5.16 Å². The van der Waals surface area contributed by atoms with Crippen LogP contribution in [0.25, 0.3) is 5.69 Å². The van der Waals surface area contributed by atoms with E-state index in [0.29, 0.717) is 0 Å². The third-order valence-corrected chi connectivity index (χ3v) is 3.39. The van der Waals surface area contributed by atoms with E-state index < -0.39 is 34.6 Å². The first-order chi connectivity index (χ1) is 11.6. The standard InChI is InChI=1S/C13H9ClF4N4O3/c1-25-20-5-6-7(14)2-3-8(11(6)15)21-10(23)4-9(13(16,17)18)22(19)12(21)24/h2-5H,19H2,1H3/b20-5+. The molecule has 0 bridgehead atoms. The van der Waals surface area contributed by atoms with Crippen molar-refractivity contribution in [2.75, 3.05) is 13.0 Å². The van der Waals surface area contributed by atoms with E-state index in [4.69, 9.17) is 17.4 Å². The largest absolute Gasteiger partial charge is 0.433 e. The molecule has 0 aliphatic rings. The van der Waals surface area contributed by atoms with E-state index in [1.807, 2.05) is 0 Å². The minimum absolute atomic E-state index is 0.0817. The molecule has 2 N–H and O–H groups in total. The van der Waals surface area contributed by atoms with Gasteiger partial charge in [-0.1, -0.05) is 16.8 Å². The Hall–Kier alpha value is -2.82. The van der Waals surface area contributed by atoms with Gasteiger partial charge in [-0.15, -0.1) is 0 Å². The molecule has 2 aromatic rings. The van der Waals surface area contributed by atoms with Gasteiger partial charge in [0.25, 0.3) is 5.56 Å². The molecule has 0 unspecified atom stereocenters. The molecule has 0 saturated heterocycles. The quantitative estimate of drug-likeness (QED) is 0.378. The number of hydrogen-bond acceptors (Lipinski definition) is 5. The molecule has 0 aliphatic carbocycles. The number of oxime groups is 1. The number of halogens is 5. The van der Waals surface area contributed by atoms with Gasteiger partial charge in [0.2, 0.25) is 0 Å². The van der Waals surface area contributed by atoms with Crippen molar-refractivity contribution in [1.82, 2.24) is 9.24 Å². The summed E-state index contributed by atoms with van der Waals surface area (Å²) in [5, 5.41) is 3.18. The van der Waals surface area contributed by atoms with Crippen LogP contribution in [0.3, 0.4) is 0 Å². The molecule has 25 heavy (non-hydrogen) atoms. The minimum atomic E-state index is -5.04. The van der Waals surface area contributed by atoms with Crippen molar-refractivity contribution < 1.29 is 22.4 Å². The first kappa shape index (κ1) is 18.5. The first-order valence-corrected chi connectivity index (χ1v) is 6.73. The van der Waals surface area contributed by atoms with Crippen LogP contribution in [0.4, 0.5) is 17.6 Å². The second-order valence-electron chi connectivity index (χ2n) is 4.56. The number of aromatic nitrogens is 2. The highest BCUT2D eigenvalue weighted by atomic mass is 35.5. The Bertz CT molecular complexity index is 965. The maximum Gasteiger partial charge on any atom is 0.433 e. The zero-order valence-electron chi connectivity index (χ0n) is 12.3. The summed E-state index contributed by atoms with van der Waals surface area (Å²) in [5.41, 5.74) is -5.67. The smallest absolute Gasteiger partial charge is 0.399 e.